The number of thiophene rings is 1. The van der Waals surface area contributed by atoms with Crippen LogP contribution in [-0.2, 0) is 6.54 Å². The topological polar surface area (TPSA) is 81.2 Å². The smallest absolute Gasteiger partial charge is 0.232 e. The molecule has 1 saturated heterocycles. The number of aromatic nitrogens is 3. The maximum Gasteiger partial charge on any atom is 0.232 e. The van der Waals surface area contributed by atoms with Crippen molar-refractivity contribution in [2.75, 3.05) is 17.6 Å². The lowest BCUT2D eigenvalue weighted by Crippen LogP contribution is -3.09. The van der Waals surface area contributed by atoms with E-state index in [1.807, 2.05) is 42.5 Å². The van der Waals surface area contributed by atoms with Crippen LogP contribution in [0, 0.1) is 6.92 Å². The van der Waals surface area contributed by atoms with E-state index in [-0.39, 0.29) is 5.95 Å². The average Bonchev–Trinajstić information content (AvgIpc) is 3.27. The third-order valence-electron chi connectivity index (χ3n) is 4.85. The molecule has 0 saturated carbocycles. The number of nitrogens with one attached hydrogen (secondary N) is 2. The Kier molecular flexibility index (Phi) is 4.81. The molecular weight excluding hydrogens is 344 g/mol. The van der Waals surface area contributed by atoms with Crippen LogP contribution in [0.3, 0.4) is 0 Å². The molecule has 1 aliphatic rings. The first-order chi connectivity index (χ1) is 12.7. The molecule has 0 spiro atoms. The number of nitrogens with zero attached hydrogens (tertiary/aromatic N) is 3. The minimum absolute atomic E-state index is 0.261. The van der Waals surface area contributed by atoms with Crippen LogP contribution in [0.15, 0.2) is 41.8 Å². The van der Waals surface area contributed by atoms with Crippen molar-refractivity contribution in [1.82, 2.24) is 15.0 Å². The number of nitrogen functional groups attached to an aromatic ring is 1. The van der Waals surface area contributed by atoms with E-state index in [2.05, 4.69) is 37.8 Å². The van der Waals surface area contributed by atoms with Crippen molar-refractivity contribution in [2.24, 2.45) is 0 Å². The molecule has 1 unspecified atom stereocenters. The Morgan fingerprint density at radius 1 is 1.19 bits per heavy atom. The number of likely N-dealkylation sites (tertiary alicyclic amines) is 1. The predicted octanol–water partition coefficient (Wildman–Crippen LogP) is 2.49. The molecular formula is C19H23N6S+. The molecule has 26 heavy (non-hydrogen) atoms. The van der Waals surface area contributed by atoms with Gasteiger partial charge >= 0.3 is 0 Å². The molecule has 1 fully saturated rings. The summed E-state index contributed by atoms with van der Waals surface area (Å²) in [5.74, 6) is 1.51. The highest BCUT2D eigenvalue weighted by Crippen LogP contribution is 2.24. The number of quaternary nitrogens is 1. The third-order valence-corrected chi connectivity index (χ3v) is 5.83. The van der Waals surface area contributed by atoms with Crippen LogP contribution in [0.25, 0.3) is 0 Å². The van der Waals surface area contributed by atoms with Crippen molar-refractivity contribution in [1.29, 1.82) is 0 Å². The monoisotopic (exact) mass is 367 g/mol. The van der Waals surface area contributed by atoms with Crippen molar-refractivity contribution in [3.8, 4) is 0 Å². The Morgan fingerprint density at radius 3 is 2.88 bits per heavy atom. The zero-order chi connectivity index (χ0) is 17.9. The summed E-state index contributed by atoms with van der Waals surface area (Å²) in [7, 11) is 0. The van der Waals surface area contributed by atoms with E-state index in [9.17, 15) is 0 Å². The fourth-order valence-corrected chi connectivity index (χ4v) is 4.49. The number of aryl methyl sites for hydroxylation is 1. The SMILES string of the molecule is Cc1ccccc1Nc1nc(N)nc(C[NH+]2CCC[C@@H]2c2cccs2)n1. The molecule has 0 aliphatic carbocycles. The summed E-state index contributed by atoms with van der Waals surface area (Å²) in [6.07, 6.45) is 2.44. The van der Waals surface area contributed by atoms with E-state index >= 15 is 0 Å². The number of nitrogens with two attached hydrogens (primary N) is 1. The van der Waals surface area contributed by atoms with Crippen LogP contribution in [0.2, 0.25) is 0 Å². The predicted molar refractivity (Wildman–Crippen MR) is 105 cm³/mol. The Balaban J connectivity index is 1.54. The first-order valence-corrected chi connectivity index (χ1v) is 9.78. The molecule has 7 heteroatoms. The normalized spacial score (nSPS) is 19.6. The van der Waals surface area contributed by atoms with Gasteiger partial charge in [0.25, 0.3) is 0 Å². The largest absolute Gasteiger partial charge is 0.368 e. The summed E-state index contributed by atoms with van der Waals surface area (Å²) in [5, 5.41) is 5.42. The van der Waals surface area contributed by atoms with Gasteiger partial charge in [0.2, 0.25) is 11.9 Å². The molecule has 1 aromatic carbocycles. The quantitative estimate of drug-likeness (QED) is 0.645. The minimum atomic E-state index is 0.261. The number of para-hydroxylation sites is 1. The number of benzene rings is 1. The molecule has 2 aromatic heterocycles. The first-order valence-electron chi connectivity index (χ1n) is 8.90. The second kappa shape index (κ2) is 7.39. The van der Waals surface area contributed by atoms with Gasteiger partial charge < -0.3 is 16.0 Å². The number of rotatable bonds is 5. The van der Waals surface area contributed by atoms with E-state index < -0.39 is 0 Å². The Bertz CT molecular complexity index is 879. The standard InChI is InChI=1S/C19H22N6S/c1-13-6-2-3-7-14(13)21-19-23-17(22-18(20)24-19)12-25-10-4-8-15(25)16-9-5-11-26-16/h2-3,5-7,9,11,15H,4,8,10,12H2,1H3,(H3,20,21,22,23,24)/p+1/t15-/m1/s1. The van der Waals surface area contributed by atoms with E-state index in [0.29, 0.717) is 12.0 Å². The van der Waals surface area contributed by atoms with Crippen molar-refractivity contribution in [3.05, 3.63) is 58.0 Å². The van der Waals surface area contributed by atoms with Crippen molar-refractivity contribution >= 4 is 28.9 Å². The lowest BCUT2D eigenvalue weighted by atomic mass is 10.2. The van der Waals surface area contributed by atoms with Gasteiger partial charge in [0.1, 0.15) is 12.6 Å². The average molecular weight is 368 g/mol. The lowest BCUT2D eigenvalue weighted by Gasteiger charge is -2.20. The second-order valence-electron chi connectivity index (χ2n) is 6.67. The molecule has 0 bridgehead atoms. The number of hydrogen-bond acceptors (Lipinski definition) is 6. The van der Waals surface area contributed by atoms with Crippen LogP contribution < -0.4 is 16.0 Å². The molecule has 3 aromatic rings. The molecule has 134 valence electrons. The van der Waals surface area contributed by atoms with E-state index in [1.165, 1.54) is 22.6 Å². The van der Waals surface area contributed by atoms with Crippen LogP contribution >= 0.6 is 11.3 Å². The highest BCUT2D eigenvalue weighted by atomic mass is 32.1. The highest BCUT2D eigenvalue weighted by Gasteiger charge is 2.31. The van der Waals surface area contributed by atoms with Gasteiger partial charge in [-0.05, 0) is 30.0 Å². The van der Waals surface area contributed by atoms with E-state index in [4.69, 9.17) is 5.73 Å². The van der Waals surface area contributed by atoms with Gasteiger partial charge in [-0.1, -0.05) is 24.3 Å². The molecule has 1 aliphatic heterocycles. The lowest BCUT2D eigenvalue weighted by molar-refractivity contribution is -0.932. The molecule has 3 heterocycles. The fourth-order valence-electron chi connectivity index (χ4n) is 3.57. The van der Waals surface area contributed by atoms with Gasteiger partial charge in [0.05, 0.1) is 11.4 Å². The van der Waals surface area contributed by atoms with Gasteiger partial charge in [-0.3, -0.25) is 0 Å². The zero-order valence-corrected chi connectivity index (χ0v) is 15.6. The van der Waals surface area contributed by atoms with Crippen LogP contribution in [0.1, 0.15) is 35.1 Å². The van der Waals surface area contributed by atoms with Gasteiger partial charge in [0, 0.05) is 18.5 Å². The van der Waals surface area contributed by atoms with E-state index in [1.54, 1.807) is 0 Å². The molecule has 0 amide bonds. The molecule has 4 N–H and O–H groups in total. The van der Waals surface area contributed by atoms with Gasteiger partial charge in [0.15, 0.2) is 5.82 Å². The van der Waals surface area contributed by atoms with Crippen LogP contribution in [-0.4, -0.2) is 21.5 Å². The van der Waals surface area contributed by atoms with Gasteiger partial charge in [-0.2, -0.15) is 15.0 Å². The summed E-state index contributed by atoms with van der Waals surface area (Å²) >= 11 is 1.83. The molecule has 2 atom stereocenters. The minimum Gasteiger partial charge on any atom is -0.368 e. The second-order valence-corrected chi connectivity index (χ2v) is 7.65. The van der Waals surface area contributed by atoms with Gasteiger partial charge in [-0.15, -0.1) is 11.3 Å². The van der Waals surface area contributed by atoms with Gasteiger partial charge in [-0.25, -0.2) is 0 Å². The first kappa shape index (κ1) is 16.9. The summed E-state index contributed by atoms with van der Waals surface area (Å²) in [6.45, 7) is 3.94. The molecule has 0 radical (unpaired) electrons. The van der Waals surface area contributed by atoms with Crippen LogP contribution in [0.4, 0.5) is 17.6 Å². The Labute approximate surface area is 157 Å². The van der Waals surface area contributed by atoms with E-state index in [0.717, 1.165) is 30.2 Å². The van der Waals surface area contributed by atoms with Crippen molar-refractivity contribution in [2.45, 2.75) is 32.4 Å². The molecule has 4 rings (SSSR count). The number of anilines is 3. The maximum absolute atomic E-state index is 5.95. The fraction of sp³-hybridized carbons (Fsp3) is 0.316. The van der Waals surface area contributed by atoms with Crippen molar-refractivity contribution in [3.63, 3.8) is 0 Å². The van der Waals surface area contributed by atoms with Crippen LogP contribution in [0.5, 0.6) is 0 Å². The third kappa shape index (κ3) is 3.68. The summed E-state index contributed by atoms with van der Waals surface area (Å²) in [6, 6.07) is 12.9. The molecule has 6 nitrogen and oxygen atoms in total. The Morgan fingerprint density at radius 2 is 2.08 bits per heavy atom. The Hall–Kier alpha value is -2.51. The summed E-state index contributed by atoms with van der Waals surface area (Å²) in [5.41, 5.74) is 8.06. The zero-order valence-electron chi connectivity index (χ0n) is 14.8. The van der Waals surface area contributed by atoms with Crippen molar-refractivity contribution < 1.29 is 4.90 Å². The number of hydrogen-bond donors (Lipinski definition) is 3. The summed E-state index contributed by atoms with van der Waals surface area (Å²) < 4.78 is 0. The maximum atomic E-state index is 5.95. The summed E-state index contributed by atoms with van der Waals surface area (Å²) in [4.78, 5) is 16.2. The highest BCUT2D eigenvalue weighted by molar-refractivity contribution is 7.10.